The fourth-order valence-electron chi connectivity index (χ4n) is 17.6. The number of rotatable bonds is 10. The zero-order chi connectivity index (χ0) is 54.1. The molecule has 3 aromatic carbocycles. The van der Waals surface area contributed by atoms with Gasteiger partial charge in [-0.25, -0.2) is 13.0 Å². The first kappa shape index (κ1) is 56.0. The minimum absolute atomic E-state index is 0.144. The predicted octanol–water partition coefficient (Wildman–Crippen LogP) is 10.1. The molecule has 0 aromatic heterocycles. The first-order chi connectivity index (χ1) is 36.2. The molecular weight excluding hydrogens is 1020 g/mol. The largest absolute Gasteiger partial charge is 0.750 e. The maximum Gasteiger partial charge on any atom is 0.264 e. The van der Waals surface area contributed by atoms with Crippen LogP contribution in [0, 0.1) is 51.8 Å². The highest BCUT2D eigenvalue weighted by Gasteiger charge is 2.62. The average Bonchev–Trinajstić information content (AvgIpc) is 4.05. The van der Waals surface area contributed by atoms with E-state index in [4.69, 9.17) is 27.3 Å². The summed E-state index contributed by atoms with van der Waals surface area (Å²) in [5.74, 6) is 5.31. The van der Waals surface area contributed by atoms with Crippen LogP contribution in [0.3, 0.4) is 0 Å². The molecule has 3 N–H and O–H groups in total. The third-order valence-corrected chi connectivity index (χ3v) is 21.9. The Hall–Kier alpha value is -3.26. The molecule has 9 aliphatic carbocycles. The normalized spacial score (nSPS) is 39.8. The van der Waals surface area contributed by atoms with Gasteiger partial charge in [0, 0.05) is 25.0 Å². The van der Waals surface area contributed by atoms with Gasteiger partial charge < -0.3 is 38.8 Å². The topological polar surface area (TPSA) is 190 Å². The van der Waals surface area contributed by atoms with Crippen molar-refractivity contribution in [2.75, 3.05) is 34.1 Å². The molecule has 3 aromatic rings. The first-order valence-corrected chi connectivity index (χ1v) is 30.6. The smallest absolute Gasteiger partial charge is 0.264 e. The van der Waals surface area contributed by atoms with E-state index in [1.165, 1.54) is 33.4 Å². The lowest BCUT2D eigenvalue weighted by Crippen LogP contribution is -2.46. The van der Waals surface area contributed by atoms with Crippen LogP contribution in [-0.2, 0) is 58.6 Å². The van der Waals surface area contributed by atoms with E-state index in [1.54, 1.807) is 20.3 Å². The number of hydrogen-bond donors (Lipinski definition) is 3. The number of methoxy groups -OCH3 is 2. The van der Waals surface area contributed by atoms with Crippen molar-refractivity contribution in [3.05, 3.63) is 88.0 Å². The quantitative estimate of drug-likeness (QED) is 0.0989. The molecule has 0 spiro atoms. The number of phenolic OH excluding ortho intramolecular Hbond substituents is 1. The fraction of sp³-hybridized carbons (Fsp3) is 0.695. The number of benzene rings is 3. The molecule has 0 saturated heterocycles. The van der Waals surface area contributed by atoms with Crippen LogP contribution < -0.4 is 9.47 Å². The summed E-state index contributed by atoms with van der Waals surface area (Å²) in [4.78, 5) is 0. The van der Waals surface area contributed by atoms with Crippen LogP contribution in [-0.4, -0.2) is 103 Å². The summed E-state index contributed by atoms with van der Waals surface area (Å²) in [6.45, 7) is 6.68. The number of aliphatic hydroxyl groups excluding tert-OH is 2. The van der Waals surface area contributed by atoms with Gasteiger partial charge in [-0.1, -0.05) is 39.0 Å². The molecular formula is C59H79F2O13S2-. The molecule has 0 amide bonds. The van der Waals surface area contributed by atoms with E-state index in [2.05, 4.69) is 44.2 Å². The molecule has 0 radical (unpaired) electrons. The lowest BCUT2D eigenvalue weighted by atomic mass is 9.55. The van der Waals surface area contributed by atoms with E-state index < -0.39 is 63.7 Å². The Bertz CT molecular complexity index is 2710. The van der Waals surface area contributed by atoms with Crippen molar-refractivity contribution in [3.63, 3.8) is 0 Å². The Labute approximate surface area is 450 Å². The van der Waals surface area contributed by atoms with E-state index >= 15 is 0 Å². The zero-order valence-corrected chi connectivity index (χ0v) is 46.5. The van der Waals surface area contributed by atoms with Crippen molar-refractivity contribution in [1.82, 2.24) is 0 Å². The van der Waals surface area contributed by atoms with Gasteiger partial charge >= 0.3 is 0 Å². The summed E-state index contributed by atoms with van der Waals surface area (Å²) < 4.78 is 106. The summed E-state index contributed by atoms with van der Waals surface area (Å²) in [5, 5.41) is 30.4. The van der Waals surface area contributed by atoms with Gasteiger partial charge in [0.05, 0.1) is 29.8 Å². The summed E-state index contributed by atoms with van der Waals surface area (Å²) in [6, 6.07) is 18.2. The highest BCUT2D eigenvalue weighted by molar-refractivity contribution is 7.86. The Kier molecular flexibility index (Phi) is 16.2. The summed E-state index contributed by atoms with van der Waals surface area (Å²) in [6.07, 6.45) is 8.71. The van der Waals surface area contributed by atoms with Gasteiger partial charge in [0.25, 0.3) is 10.1 Å². The molecule has 9 aliphatic rings. The Morgan fingerprint density at radius 2 is 1.07 bits per heavy atom. The fourth-order valence-corrected chi connectivity index (χ4v) is 18.8. The van der Waals surface area contributed by atoms with Crippen molar-refractivity contribution in [2.24, 2.45) is 51.8 Å². The standard InChI is InChI=1S/C21H29FO5S.C20H28O6S.C18H23FO2/c1-21-9-8-16-15-7-5-14(26-12-25-2)10-13(15)4-6-17(16)18(21)11-19(22)20(21)27-28(3,23)24;1-20-8-7-15-14-6-4-13(25-11-24-2)9-12(14)3-5-16(15)17(20)10-18(21)19(20)26-27(22)23;1-18-7-6-13-12-5-3-11(20)8-10(12)2-4-14(13)15(18)9-16(19)17(18)21/h5,7,10,16-20H,4,6,8-9,11-12H2,1-3H3;4,6,9,15-19,21H,3,5,7-8,10-11H2,1-2H3,(H,22,23);3,5,8,13-17,20-21H,2,4,6-7,9H2,1H3/p-1/t16?,17?,18?,19-,20-,21-;15?,16?,17?,18-,19-,20-;13?,14?,15?,16-,17+,18+/m001/s1/i22-1;;19-1. The van der Waals surface area contributed by atoms with Crippen LogP contribution in [0.5, 0.6) is 17.2 Å². The Morgan fingerprint density at radius 1 is 0.632 bits per heavy atom. The highest BCUT2D eigenvalue weighted by Crippen LogP contribution is 2.65. The van der Waals surface area contributed by atoms with E-state index in [1.807, 2.05) is 25.1 Å². The lowest BCUT2D eigenvalue weighted by Gasteiger charge is -2.50. The molecule has 0 aliphatic heterocycles. The number of fused-ring (bicyclic) bond motifs is 15. The molecule has 17 heteroatoms. The van der Waals surface area contributed by atoms with Crippen molar-refractivity contribution in [2.45, 2.75) is 172 Å². The van der Waals surface area contributed by atoms with Crippen LogP contribution in [0.1, 0.15) is 149 Å². The predicted molar refractivity (Wildman–Crippen MR) is 281 cm³/mol. The van der Waals surface area contributed by atoms with Crippen molar-refractivity contribution in [1.29, 1.82) is 0 Å². The molecule has 6 fully saturated rings. The van der Waals surface area contributed by atoms with E-state index in [0.717, 1.165) is 94.8 Å². The number of aromatic hydroxyl groups is 1. The van der Waals surface area contributed by atoms with Gasteiger partial charge in [-0.15, -0.1) is 0 Å². The van der Waals surface area contributed by atoms with E-state index in [0.29, 0.717) is 66.4 Å². The molecule has 10 unspecified atom stereocenters. The molecule has 0 bridgehead atoms. The second-order valence-corrected chi connectivity index (χ2v) is 27.0. The summed E-state index contributed by atoms with van der Waals surface area (Å²) in [5.41, 5.74) is 7.00. The van der Waals surface area contributed by atoms with Gasteiger partial charge in [-0.3, -0.25) is 8.37 Å². The minimum atomic E-state index is -3.68. The second-order valence-electron chi connectivity index (χ2n) is 24.8. The van der Waals surface area contributed by atoms with Gasteiger partial charge in [0.2, 0.25) is 0 Å². The maximum atomic E-state index is 14.9. The van der Waals surface area contributed by atoms with Gasteiger partial charge in [0.15, 0.2) is 13.6 Å². The van der Waals surface area contributed by atoms with Crippen LogP contribution >= 0.6 is 0 Å². The molecule has 0 heterocycles. The number of alkyl halides is 2. The van der Waals surface area contributed by atoms with Gasteiger partial charge in [0.1, 0.15) is 41.8 Å². The van der Waals surface area contributed by atoms with Crippen molar-refractivity contribution >= 4 is 21.5 Å². The summed E-state index contributed by atoms with van der Waals surface area (Å²) in [7, 11) is -0.475. The van der Waals surface area contributed by atoms with Crippen molar-refractivity contribution in [3.8, 4) is 17.2 Å². The number of halogens is 2. The van der Waals surface area contributed by atoms with Crippen molar-refractivity contribution < 1.29 is 68.6 Å². The SMILES string of the molecule is COCOc1ccc2c(c1)CCC1C2CC[C@@]2(C)C1C[C@H](O)[C@@H]2OS(=O)[O-].COCOc1ccc2c(c1)CCC1C2CC[C@@]2(C)C1C[C@H]([18F])[C@@H]2OS(C)(=O)=O.C[C@]12CCC3c4ccc(O)cc4CCC3C1C[C@@H]([18F])[C@@H]2O. The van der Waals surface area contributed by atoms with E-state index in [9.17, 15) is 41.3 Å². The number of aliphatic hydroxyl groups is 2. The van der Waals surface area contributed by atoms with Crippen LogP contribution in [0.15, 0.2) is 54.6 Å². The second kappa shape index (κ2) is 22.0. The number of hydrogen-bond acceptors (Lipinski definition) is 13. The molecule has 13 nitrogen and oxygen atoms in total. The van der Waals surface area contributed by atoms with Crippen LogP contribution in [0.4, 0.5) is 8.78 Å². The maximum absolute atomic E-state index is 14.9. The minimum Gasteiger partial charge on any atom is -0.750 e. The third kappa shape index (κ3) is 10.4. The van der Waals surface area contributed by atoms with Gasteiger partial charge in [-0.05, 0) is 225 Å². The highest BCUT2D eigenvalue weighted by atomic mass is 32.2. The molecule has 19 atom stereocenters. The van der Waals surface area contributed by atoms with Crippen LogP contribution in [0.2, 0.25) is 0 Å². The number of phenols is 1. The molecule has 12 rings (SSSR count). The van der Waals surface area contributed by atoms with Crippen LogP contribution in [0.25, 0.3) is 0 Å². The lowest BCUT2D eigenvalue weighted by molar-refractivity contribution is -0.0365. The average molecular weight is 1100 g/mol. The van der Waals surface area contributed by atoms with Gasteiger partial charge in [-0.2, -0.15) is 8.42 Å². The third-order valence-electron chi connectivity index (χ3n) is 21.0. The number of aryl methyl sites for hydroxylation is 3. The summed E-state index contributed by atoms with van der Waals surface area (Å²) >= 11 is -2.60. The number of ether oxygens (including phenoxy) is 4. The monoisotopic (exact) mass is 1100 g/mol. The molecule has 6 saturated carbocycles. The van der Waals surface area contributed by atoms with E-state index in [-0.39, 0.29) is 36.3 Å². The molecule has 420 valence electrons. The Balaban J connectivity index is 0.000000131. The Morgan fingerprint density at radius 3 is 1.55 bits per heavy atom. The molecule has 76 heavy (non-hydrogen) atoms. The zero-order valence-electron chi connectivity index (χ0n) is 44.9. The first-order valence-electron chi connectivity index (χ1n) is 27.8.